The number of carbonyl (C=O) groups is 3. The van der Waals surface area contributed by atoms with E-state index in [0.29, 0.717) is 21.5 Å². The number of imide groups is 2. The molecule has 2 aromatic rings. The molecular formula is C21H15BrN2O4. The van der Waals surface area contributed by atoms with E-state index in [4.69, 9.17) is 11.2 Å². The zero-order valence-electron chi connectivity index (χ0n) is 14.9. The topological polar surface area (TPSA) is 75.7 Å². The molecule has 0 radical (unpaired) electrons. The van der Waals surface area contributed by atoms with E-state index in [9.17, 15) is 14.4 Å². The van der Waals surface area contributed by atoms with Crippen LogP contribution in [0, 0.1) is 19.3 Å². The minimum Gasteiger partial charge on any atom is -0.480 e. The number of ether oxygens (including phenoxy) is 1. The lowest BCUT2D eigenvalue weighted by molar-refractivity contribution is -0.122. The molecule has 0 atom stereocenters. The highest BCUT2D eigenvalue weighted by Gasteiger charge is 2.36. The van der Waals surface area contributed by atoms with Crippen LogP contribution in [-0.2, 0) is 9.59 Å². The second kappa shape index (κ2) is 8.11. The van der Waals surface area contributed by atoms with Crippen molar-refractivity contribution in [1.82, 2.24) is 5.32 Å². The third-order valence-electron chi connectivity index (χ3n) is 3.94. The molecule has 0 spiro atoms. The molecular weight excluding hydrogens is 424 g/mol. The highest BCUT2D eigenvalue weighted by molar-refractivity contribution is 9.10. The van der Waals surface area contributed by atoms with E-state index in [1.165, 1.54) is 6.08 Å². The van der Waals surface area contributed by atoms with Gasteiger partial charge in [-0.15, -0.1) is 6.42 Å². The van der Waals surface area contributed by atoms with E-state index in [2.05, 4.69) is 27.2 Å². The number of halogens is 1. The van der Waals surface area contributed by atoms with E-state index in [-0.39, 0.29) is 12.2 Å². The largest absolute Gasteiger partial charge is 0.480 e. The first-order valence-electron chi connectivity index (χ1n) is 8.24. The van der Waals surface area contributed by atoms with E-state index in [1.54, 1.807) is 36.4 Å². The zero-order valence-corrected chi connectivity index (χ0v) is 16.4. The molecule has 0 aliphatic carbocycles. The van der Waals surface area contributed by atoms with Crippen molar-refractivity contribution in [1.29, 1.82) is 0 Å². The predicted octanol–water partition coefficient (Wildman–Crippen LogP) is 3.44. The summed E-state index contributed by atoms with van der Waals surface area (Å²) in [7, 11) is 0. The van der Waals surface area contributed by atoms with Crippen molar-refractivity contribution in [2.24, 2.45) is 0 Å². The molecule has 28 heavy (non-hydrogen) atoms. The Hall–Kier alpha value is -3.37. The predicted molar refractivity (Wildman–Crippen MR) is 109 cm³/mol. The summed E-state index contributed by atoms with van der Waals surface area (Å²) < 4.78 is 5.99. The van der Waals surface area contributed by atoms with Gasteiger partial charge in [0.2, 0.25) is 0 Å². The third kappa shape index (κ3) is 3.97. The van der Waals surface area contributed by atoms with E-state index < -0.39 is 17.8 Å². The van der Waals surface area contributed by atoms with E-state index in [0.717, 1.165) is 10.5 Å². The summed E-state index contributed by atoms with van der Waals surface area (Å²) in [5.74, 6) is 1.47. The number of terminal acetylenes is 1. The molecule has 1 fully saturated rings. The number of nitrogens with zero attached hydrogens (tertiary/aromatic N) is 1. The van der Waals surface area contributed by atoms with Crippen LogP contribution in [-0.4, -0.2) is 24.5 Å². The fourth-order valence-corrected chi connectivity index (χ4v) is 3.18. The zero-order chi connectivity index (χ0) is 20.3. The number of benzene rings is 2. The maximum atomic E-state index is 12.9. The van der Waals surface area contributed by atoms with Crippen molar-refractivity contribution in [3.05, 3.63) is 63.6 Å². The van der Waals surface area contributed by atoms with Gasteiger partial charge in [0, 0.05) is 0 Å². The third-order valence-corrected chi connectivity index (χ3v) is 4.56. The maximum Gasteiger partial charge on any atom is 0.335 e. The highest BCUT2D eigenvalue weighted by Crippen LogP contribution is 2.28. The molecule has 1 aliphatic rings. The van der Waals surface area contributed by atoms with Crippen LogP contribution in [0.2, 0.25) is 0 Å². The van der Waals surface area contributed by atoms with Crippen molar-refractivity contribution in [3.63, 3.8) is 0 Å². The lowest BCUT2D eigenvalue weighted by atomic mass is 10.1. The van der Waals surface area contributed by atoms with Crippen LogP contribution in [0.3, 0.4) is 0 Å². The number of nitrogens with one attached hydrogen (secondary N) is 1. The van der Waals surface area contributed by atoms with Crippen LogP contribution in [0.4, 0.5) is 10.5 Å². The molecule has 1 heterocycles. The second-order valence-electron chi connectivity index (χ2n) is 5.98. The van der Waals surface area contributed by atoms with Crippen LogP contribution in [0.1, 0.15) is 11.1 Å². The lowest BCUT2D eigenvalue weighted by Crippen LogP contribution is -2.54. The van der Waals surface area contributed by atoms with Crippen LogP contribution < -0.4 is 15.0 Å². The second-order valence-corrected chi connectivity index (χ2v) is 6.83. The van der Waals surface area contributed by atoms with Crippen LogP contribution in [0.25, 0.3) is 6.08 Å². The Morgan fingerprint density at radius 1 is 1.21 bits per heavy atom. The van der Waals surface area contributed by atoms with Gasteiger partial charge in [0.1, 0.15) is 17.9 Å². The smallest absolute Gasteiger partial charge is 0.335 e. The minimum atomic E-state index is -0.781. The van der Waals surface area contributed by atoms with Gasteiger partial charge < -0.3 is 4.74 Å². The molecule has 1 N–H and O–H groups in total. The highest BCUT2D eigenvalue weighted by atomic mass is 79.9. The average molecular weight is 439 g/mol. The number of aryl methyl sites for hydroxylation is 1. The summed E-state index contributed by atoms with van der Waals surface area (Å²) >= 11 is 3.37. The number of anilines is 1. The summed E-state index contributed by atoms with van der Waals surface area (Å²) in [6.45, 7) is 1.96. The maximum absolute atomic E-state index is 12.9. The first-order chi connectivity index (χ1) is 13.4. The molecule has 0 saturated carbocycles. The number of carbonyl (C=O) groups excluding carboxylic acids is 3. The number of rotatable bonds is 4. The molecule has 0 bridgehead atoms. The first kappa shape index (κ1) is 19.4. The van der Waals surface area contributed by atoms with Crippen molar-refractivity contribution in [3.8, 4) is 18.1 Å². The Kier molecular flexibility index (Phi) is 5.62. The average Bonchev–Trinajstić information content (AvgIpc) is 2.64. The van der Waals surface area contributed by atoms with Crippen LogP contribution in [0.5, 0.6) is 5.75 Å². The molecule has 140 valence electrons. The van der Waals surface area contributed by atoms with Gasteiger partial charge in [-0.1, -0.05) is 24.1 Å². The number of barbiturate groups is 1. The monoisotopic (exact) mass is 438 g/mol. The summed E-state index contributed by atoms with van der Waals surface area (Å²) in [5, 5.41) is 2.20. The lowest BCUT2D eigenvalue weighted by Gasteiger charge is -2.26. The standard InChI is InChI=1S/C21H15BrN2O4/c1-3-9-28-18-8-7-14(12-17(18)22)11-16-19(25)23-21(27)24(20(16)26)15-6-4-5-13(2)10-15/h1,4-8,10-12H,9H2,2H3,(H,23,25,27)/b16-11+. The van der Waals surface area contributed by atoms with Gasteiger partial charge in [-0.05, 0) is 64.3 Å². The Labute approximate surface area is 170 Å². The molecule has 0 aromatic heterocycles. The summed E-state index contributed by atoms with van der Waals surface area (Å²) in [4.78, 5) is 38.3. The minimum absolute atomic E-state index is 0.119. The Morgan fingerprint density at radius 3 is 2.68 bits per heavy atom. The van der Waals surface area contributed by atoms with Gasteiger partial charge in [-0.3, -0.25) is 14.9 Å². The summed E-state index contributed by atoms with van der Waals surface area (Å²) in [6.07, 6.45) is 6.60. The van der Waals surface area contributed by atoms with Gasteiger partial charge in [-0.25, -0.2) is 9.69 Å². The number of urea groups is 1. The van der Waals surface area contributed by atoms with Crippen molar-refractivity contribution < 1.29 is 19.1 Å². The number of amides is 4. The Morgan fingerprint density at radius 2 is 2.00 bits per heavy atom. The molecule has 1 aliphatic heterocycles. The molecule has 7 heteroatoms. The fourth-order valence-electron chi connectivity index (χ4n) is 2.67. The summed E-state index contributed by atoms with van der Waals surface area (Å²) in [6, 6.07) is 11.2. The first-order valence-corrected chi connectivity index (χ1v) is 9.04. The number of hydrogen-bond donors (Lipinski definition) is 1. The molecule has 0 unspecified atom stereocenters. The van der Waals surface area contributed by atoms with Crippen LogP contribution in [0.15, 0.2) is 52.5 Å². The van der Waals surface area contributed by atoms with Crippen molar-refractivity contribution >= 4 is 45.5 Å². The van der Waals surface area contributed by atoms with E-state index in [1.807, 2.05) is 13.0 Å². The molecule has 3 rings (SSSR count). The van der Waals surface area contributed by atoms with Gasteiger partial charge in [0.25, 0.3) is 11.8 Å². The van der Waals surface area contributed by atoms with Gasteiger partial charge >= 0.3 is 6.03 Å². The van der Waals surface area contributed by atoms with Crippen molar-refractivity contribution in [2.45, 2.75) is 6.92 Å². The van der Waals surface area contributed by atoms with Gasteiger partial charge in [-0.2, -0.15) is 0 Å². The van der Waals surface area contributed by atoms with Gasteiger partial charge in [0.15, 0.2) is 0 Å². The molecule has 4 amide bonds. The molecule has 6 nitrogen and oxygen atoms in total. The van der Waals surface area contributed by atoms with Crippen LogP contribution >= 0.6 is 15.9 Å². The Bertz CT molecular complexity index is 1050. The fraction of sp³-hybridized carbons (Fsp3) is 0.0952. The number of hydrogen-bond acceptors (Lipinski definition) is 4. The Balaban J connectivity index is 1.95. The van der Waals surface area contributed by atoms with E-state index >= 15 is 0 Å². The molecule has 1 saturated heterocycles. The van der Waals surface area contributed by atoms with Gasteiger partial charge in [0.05, 0.1) is 10.2 Å². The quantitative estimate of drug-likeness (QED) is 0.450. The normalized spacial score (nSPS) is 15.4. The SMILES string of the molecule is C#CCOc1ccc(/C=C2\C(=O)NC(=O)N(c3cccc(C)c3)C2=O)cc1Br. The summed E-state index contributed by atoms with van der Waals surface area (Å²) in [5.41, 5.74) is 1.70. The van der Waals surface area contributed by atoms with Crippen molar-refractivity contribution in [2.75, 3.05) is 11.5 Å². The molecule has 2 aromatic carbocycles.